The van der Waals surface area contributed by atoms with E-state index in [0.29, 0.717) is 17.4 Å². The van der Waals surface area contributed by atoms with Crippen LogP contribution in [0.4, 0.5) is 0 Å². The summed E-state index contributed by atoms with van der Waals surface area (Å²) in [6.07, 6.45) is 2.22. The SMILES string of the molecule is Cc1ccc(C2=NN(C(=O)CSc3nc4nc(C)cc(C)n4n3)[C@H](c3ccco3)C2)cc1. The van der Waals surface area contributed by atoms with Crippen molar-refractivity contribution in [3.05, 3.63) is 77.0 Å². The molecule has 1 aliphatic rings. The Morgan fingerprint density at radius 1 is 1.16 bits per heavy atom. The highest BCUT2D eigenvalue weighted by atomic mass is 32.2. The maximum absolute atomic E-state index is 13.2. The van der Waals surface area contributed by atoms with E-state index in [1.807, 2.05) is 63.2 Å². The van der Waals surface area contributed by atoms with Crippen molar-refractivity contribution >= 4 is 29.2 Å². The van der Waals surface area contributed by atoms with Crippen LogP contribution in [0, 0.1) is 20.8 Å². The van der Waals surface area contributed by atoms with Gasteiger partial charge in [-0.05, 0) is 44.5 Å². The first-order valence-corrected chi connectivity index (χ1v) is 11.3. The van der Waals surface area contributed by atoms with Crippen LogP contribution in [0.5, 0.6) is 0 Å². The number of benzene rings is 1. The molecule has 1 aliphatic heterocycles. The van der Waals surface area contributed by atoms with E-state index in [1.54, 1.807) is 10.8 Å². The van der Waals surface area contributed by atoms with Crippen LogP contribution in [0.2, 0.25) is 0 Å². The van der Waals surface area contributed by atoms with Gasteiger partial charge in [-0.3, -0.25) is 4.79 Å². The molecule has 0 fully saturated rings. The van der Waals surface area contributed by atoms with Gasteiger partial charge < -0.3 is 4.42 Å². The van der Waals surface area contributed by atoms with Gasteiger partial charge in [0.1, 0.15) is 11.8 Å². The van der Waals surface area contributed by atoms with Crippen molar-refractivity contribution in [1.82, 2.24) is 24.6 Å². The third-order valence-corrected chi connectivity index (χ3v) is 6.17. The molecule has 1 amide bonds. The first kappa shape index (κ1) is 20.4. The van der Waals surface area contributed by atoms with Gasteiger partial charge in [-0.1, -0.05) is 41.6 Å². The minimum absolute atomic E-state index is 0.127. The number of aromatic nitrogens is 4. The standard InChI is InChI=1S/C23H22N6O2S/c1-14-6-8-17(9-7-14)18-12-19(20-5-4-10-31-20)29(26-18)21(30)13-32-23-25-22-24-15(2)11-16(3)28(22)27-23/h4-11,19H,12-13H2,1-3H3/t19-/m0/s1. The summed E-state index contributed by atoms with van der Waals surface area (Å²) < 4.78 is 7.31. The molecule has 0 bridgehead atoms. The lowest BCUT2D eigenvalue weighted by atomic mass is 10.0. The molecule has 0 aliphatic carbocycles. The third-order valence-electron chi connectivity index (χ3n) is 5.35. The van der Waals surface area contributed by atoms with Gasteiger partial charge in [0.2, 0.25) is 5.16 Å². The molecule has 0 N–H and O–H groups in total. The second kappa shape index (κ2) is 8.23. The summed E-state index contributed by atoms with van der Waals surface area (Å²) in [4.78, 5) is 22.0. The summed E-state index contributed by atoms with van der Waals surface area (Å²) >= 11 is 1.28. The summed E-state index contributed by atoms with van der Waals surface area (Å²) in [5, 5.41) is 11.2. The zero-order valence-electron chi connectivity index (χ0n) is 18.0. The summed E-state index contributed by atoms with van der Waals surface area (Å²) in [6, 6.07) is 13.6. The lowest BCUT2D eigenvalue weighted by Gasteiger charge is -2.19. The average Bonchev–Trinajstić information content (AvgIpc) is 3.51. The number of thioether (sulfide) groups is 1. The molecule has 1 atom stereocenters. The van der Waals surface area contributed by atoms with Gasteiger partial charge in [0.15, 0.2) is 0 Å². The summed E-state index contributed by atoms with van der Waals surface area (Å²) in [6.45, 7) is 5.92. The molecule has 0 unspecified atom stereocenters. The molecule has 4 aromatic rings. The predicted molar refractivity (Wildman–Crippen MR) is 122 cm³/mol. The predicted octanol–water partition coefficient (Wildman–Crippen LogP) is 4.11. The monoisotopic (exact) mass is 446 g/mol. The minimum atomic E-state index is -0.269. The molecule has 1 aromatic carbocycles. The van der Waals surface area contributed by atoms with Crippen LogP contribution in [0.25, 0.3) is 5.78 Å². The van der Waals surface area contributed by atoms with Gasteiger partial charge in [-0.2, -0.15) is 10.1 Å². The van der Waals surface area contributed by atoms with Gasteiger partial charge in [0.25, 0.3) is 11.7 Å². The van der Waals surface area contributed by atoms with Crippen LogP contribution in [-0.2, 0) is 4.79 Å². The largest absolute Gasteiger partial charge is 0.467 e. The van der Waals surface area contributed by atoms with Crippen molar-refractivity contribution in [3.63, 3.8) is 0 Å². The molecule has 0 saturated carbocycles. The Bertz CT molecular complexity index is 1310. The number of carbonyl (C=O) groups excluding carboxylic acids is 1. The lowest BCUT2D eigenvalue weighted by Crippen LogP contribution is -2.28. The Kier molecular flexibility index (Phi) is 5.26. The summed E-state index contributed by atoms with van der Waals surface area (Å²) in [5.41, 5.74) is 4.88. The number of carbonyl (C=O) groups is 1. The van der Waals surface area contributed by atoms with E-state index in [4.69, 9.17) is 4.42 Å². The lowest BCUT2D eigenvalue weighted by molar-refractivity contribution is -0.130. The fraction of sp³-hybridized carbons (Fsp3) is 0.261. The molecule has 5 rings (SSSR count). The van der Waals surface area contributed by atoms with Crippen molar-refractivity contribution < 1.29 is 9.21 Å². The van der Waals surface area contributed by atoms with E-state index in [1.165, 1.54) is 22.3 Å². The van der Waals surface area contributed by atoms with Gasteiger partial charge in [-0.25, -0.2) is 14.5 Å². The number of aryl methyl sites for hydroxylation is 3. The van der Waals surface area contributed by atoms with Gasteiger partial charge >= 0.3 is 0 Å². The average molecular weight is 447 g/mol. The molecule has 0 radical (unpaired) electrons. The Balaban J connectivity index is 1.37. The van der Waals surface area contributed by atoms with Crippen LogP contribution in [0.3, 0.4) is 0 Å². The normalized spacial score (nSPS) is 16.0. The number of hydrazone groups is 1. The number of hydrogen-bond acceptors (Lipinski definition) is 7. The van der Waals surface area contributed by atoms with Crippen LogP contribution in [0.15, 0.2) is 63.4 Å². The Morgan fingerprint density at radius 3 is 2.72 bits per heavy atom. The summed E-state index contributed by atoms with van der Waals surface area (Å²) in [5.74, 6) is 1.29. The highest BCUT2D eigenvalue weighted by Gasteiger charge is 2.34. The van der Waals surface area contributed by atoms with Crippen molar-refractivity contribution in [2.45, 2.75) is 38.4 Å². The minimum Gasteiger partial charge on any atom is -0.467 e. The van der Waals surface area contributed by atoms with E-state index < -0.39 is 0 Å². The highest BCUT2D eigenvalue weighted by molar-refractivity contribution is 7.99. The van der Waals surface area contributed by atoms with E-state index in [9.17, 15) is 4.79 Å². The number of fused-ring (bicyclic) bond motifs is 1. The first-order valence-electron chi connectivity index (χ1n) is 10.3. The zero-order chi connectivity index (χ0) is 22.2. The van der Waals surface area contributed by atoms with Gasteiger partial charge in [0, 0.05) is 17.8 Å². The molecule has 32 heavy (non-hydrogen) atoms. The topological polar surface area (TPSA) is 88.9 Å². The second-order valence-corrected chi connectivity index (χ2v) is 8.76. The first-order chi connectivity index (χ1) is 15.5. The van der Waals surface area contributed by atoms with Crippen LogP contribution >= 0.6 is 11.8 Å². The van der Waals surface area contributed by atoms with E-state index in [2.05, 4.69) is 20.2 Å². The quantitative estimate of drug-likeness (QED) is 0.429. The van der Waals surface area contributed by atoms with Crippen molar-refractivity contribution in [2.75, 3.05) is 5.75 Å². The maximum Gasteiger partial charge on any atom is 0.253 e. The van der Waals surface area contributed by atoms with Crippen LogP contribution in [-0.4, -0.2) is 42.0 Å². The molecule has 0 saturated heterocycles. The number of nitrogens with zero attached hydrogens (tertiary/aromatic N) is 6. The van der Waals surface area contributed by atoms with E-state index in [0.717, 1.165) is 28.4 Å². The van der Waals surface area contributed by atoms with Crippen molar-refractivity contribution in [3.8, 4) is 0 Å². The zero-order valence-corrected chi connectivity index (χ0v) is 18.8. The molecule has 4 heterocycles. The van der Waals surface area contributed by atoms with Crippen LogP contribution < -0.4 is 0 Å². The van der Waals surface area contributed by atoms with Crippen molar-refractivity contribution in [1.29, 1.82) is 0 Å². The molecule has 162 valence electrons. The van der Waals surface area contributed by atoms with E-state index >= 15 is 0 Å². The molecular weight excluding hydrogens is 424 g/mol. The molecule has 9 heteroatoms. The molecular formula is C23H22N6O2S. The summed E-state index contributed by atoms with van der Waals surface area (Å²) in [7, 11) is 0. The van der Waals surface area contributed by atoms with Crippen molar-refractivity contribution in [2.24, 2.45) is 5.10 Å². The number of amides is 1. The van der Waals surface area contributed by atoms with Crippen LogP contribution in [0.1, 0.15) is 40.7 Å². The molecule has 0 spiro atoms. The fourth-order valence-electron chi connectivity index (χ4n) is 3.76. The van der Waals surface area contributed by atoms with Gasteiger partial charge in [0.05, 0.1) is 17.7 Å². The molecule has 3 aromatic heterocycles. The smallest absolute Gasteiger partial charge is 0.253 e. The Morgan fingerprint density at radius 2 is 1.97 bits per heavy atom. The maximum atomic E-state index is 13.2. The number of rotatable bonds is 5. The van der Waals surface area contributed by atoms with Gasteiger partial charge in [-0.15, -0.1) is 5.10 Å². The third kappa shape index (κ3) is 3.91. The fourth-order valence-corrected chi connectivity index (χ4v) is 4.44. The Labute approximate surface area is 189 Å². The van der Waals surface area contributed by atoms with E-state index in [-0.39, 0.29) is 17.7 Å². The highest BCUT2D eigenvalue weighted by Crippen LogP contribution is 2.34. The number of furan rings is 1. The second-order valence-electron chi connectivity index (χ2n) is 7.82. The number of hydrogen-bond donors (Lipinski definition) is 0. The molecule has 8 nitrogen and oxygen atoms in total. The Hall–Kier alpha value is -3.46.